The van der Waals surface area contributed by atoms with E-state index in [1.807, 2.05) is 0 Å². The second-order valence-corrected chi connectivity index (χ2v) is 4.61. The van der Waals surface area contributed by atoms with Gasteiger partial charge in [-0.2, -0.15) is 0 Å². The summed E-state index contributed by atoms with van der Waals surface area (Å²) in [5.74, 6) is -0.340. The van der Waals surface area contributed by atoms with E-state index in [0.717, 1.165) is 0 Å². The summed E-state index contributed by atoms with van der Waals surface area (Å²) in [6, 6.07) is 4.37. The molecule has 0 heterocycles. The first-order valence-corrected chi connectivity index (χ1v) is 6.22. The standard InChI is InChI=1S/C14H20FNO3/c1-10(17)11-6-7-13(12(15)9-11)19-8-4-5-14(18)16(2)3/h6-7,9-10,17H,4-5,8H2,1-3H3/t10-/m1/s1. The largest absolute Gasteiger partial charge is 0.491 e. The van der Waals surface area contributed by atoms with E-state index in [2.05, 4.69) is 0 Å². The zero-order chi connectivity index (χ0) is 14.4. The van der Waals surface area contributed by atoms with Gasteiger partial charge in [0.15, 0.2) is 11.6 Å². The zero-order valence-corrected chi connectivity index (χ0v) is 11.5. The SMILES string of the molecule is C[C@@H](O)c1ccc(OCCCC(=O)N(C)C)c(F)c1. The van der Waals surface area contributed by atoms with Crippen LogP contribution in [0.2, 0.25) is 0 Å². The first-order chi connectivity index (χ1) is 8.91. The fourth-order valence-electron chi connectivity index (χ4n) is 1.52. The molecule has 1 rings (SSSR count). The van der Waals surface area contributed by atoms with E-state index in [1.54, 1.807) is 27.1 Å². The van der Waals surface area contributed by atoms with Gasteiger partial charge >= 0.3 is 0 Å². The highest BCUT2D eigenvalue weighted by molar-refractivity contribution is 5.75. The lowest BCUT2D eigenvalue weighted by molar-refractivity contribution is -0.128. The van der Waals surface area contributed by atoms with Crippen LogP contribution in [0.25, 0.3) is 0 Å². The molecule has 0 saturated heterocycles. The number of hydrogen-bond donors (Lipinski definition) is 1. The van der Waals surface area contributed by atoms with Crippen LogP contribution in [0.4, 0.5) is 4.39 Å². The number of ether oxygens (including phenoxy) is 1. The minimum atomic E-state index is -0.707. The molecule has 1 amide bonds. The second-order valence-electron chi connectivity index (χ2n) is 4.61. The third-order valence-corrected chi connectivity index (χ3v) is 2.73. The van der Waals surface area contributed by atoms with E-state index in [9.17, 15) is 14.3 Å². The molecular weight excluding hydrogens is 249 g/mol. The van der Waals surface area contributed by atoms with Crippen molar-refractivity contribution in [3.8, 4) is 5.75 Å². The molecule has 0 aliphatic carbocycles. The van der Waals surface area contributed by atoms with E-state index in [1.165, 1.54) is 17.0 Å². The fraction of sp³-hybridized carbons (Fsp3) is 0.500. The highest BCUT2D eigenvalue weighted by Crippen LogP contribution is 2.22. The molecule has 0 radical (unpaired) electrons. The molecule has 1 aromatic rings. The van der Waals surface area contributed by atoms with Crippen molar-refractivity contribution in [2.75, 3.05) is 20.7 Å². The minimum absolute atomic E-state index is 0.0218. The number of amides is 1. The van der Waals surface area contributed by atoms with E-state index >= 15 is 0 Å². The monoisotopic (exact) mass is 269 g/mol. The van der Waals surface area contributed by atoms with E-state index in [4.69, 9.17) is 4.74 Å². The Morgan fingerprint density at radius 3 is 2.68 bits per heavy atom. The van der Waals surface area contributed by atoms with Crippen molar-refractivity contribution in [2.45, 2.75) is 25.9 Å². The first kappa shape index (κ1) is 15.4. The Morgan fingerprint density at radius 1 is 1.47 bits per heavy atom. The molecule has 0 unspecified atom stereocenters. The molecule has 1 N–H and O–H groups in total. The second kappa shape index (κ2) is 7.09. The minimum Gasteiger partial charge on any atom is -0.491 e. The fourth-order valence-corrected chi connectivity index (χ4v) is 1.52. The highest BCUT2D eigenvalue weighted by Gasteiger charge is 2.08. The van der Waals surface area contributed by atoms with Gasteiger partial charge < -0.3 is 14.7 Å². The lowest BCUT2D eigenvalue weighted by atomic mass is 10.1. The quantitative estimate of drug-likeness (QED) is 0.805. The van der Waals surface area contributed by atoms with Crippen molar-refractivity contribution in [3.63, 3.8) is 0 Å². The maximum Gasteiger partial charge on any atom is 0.222 e. The molecule has 1 aromatic carbocycles. The summed E-state index contributed by atoms with van der Waals surface area (Å²) in [5.41, 5.74) is 0.507. The Labute approximate surface area is 112 Å². The van der Waals surface area contributed by atoms with Crippen molar-refractivity contribution in [3.05, 3.63) is 29.6 Å². The van der Waals surface area contributed by atoms with Crippen molar-refractivity contribution >= 4 is 5.91 Å². The van der Waals surface area contributed by atoms with Crippen LogP contribution in [-0.4, -0.2) is 36.6 Å². The molecule has 0 aliphatic rings. The van der Waals surface area contributed by atoms with Gasteiger partial charge in [0.2, 0.25) is 5.91 Å². The smallest absolute Gasteiger partial charge is 0.222 e. The van der Waals surface area contributed by atoms with Gasteiger partial charge in [-0.15, -0.1) is 0 Å². The summed E-state index contributed by atoms with van der Waals surface area (Å²) in [7, 11) is 3.38. The van der Waals surface area contributed by atoms with Gasteiger partial charge in [-0.25, -0.2) is 4.39 Å². The number of carbonyl (C=O) groups excluding carboxylic acids is 1. The summed E-state index contributed by atoms with van der Waals surface area (Å²) < 4.78 is 18.9. The van der Waals surface area contributed by atoms with E-state index < -0.39 is 11.9 Å². The number of nitrogens with zero attached hydrogens (tertiary/aromatic N) is 1. The molecule has 4 nitrogen and oxygen atoms in total. The Hall–Kier alpha value is -1.62. The van der Waals surface area contributed by atoms with Crippen LogP contribution in [0, 0.1) is 5.82 Å². The Balaban J connectivity index is 2.44. The predicted molar refractivity (Wildman–Crippen MR) is 70.5 cm³/mol. The molecule has 1 atom stereocenters. The van der Waals surface area contributed by atoms with Crippen molar-refractivity contribution < 1.29 is 19.0 Å². The van der Waals surface area contributed by atoms with Gasteiger partial charge in [0.25, 0.3) is 0 Å². The average Bonchev–Trinajstić information content (AvgIpc) is 2.35. The van der Waals surface area contributed by atoms with Gasteiger partial charge in [-0.3, -0.25) is 4.79 Å². The topological polar surface area (TPSA) is 49.8 Å². The number of rotatable bonds is 6. The number of hydrogen-bond acceptors (Lipinski definition) is 3. The molecule has 0 aliphatic heterocycles. The number of aliphatic hydroxyl groups excluding tert-OH is 1. The molecule has 106 valence electrons. The van der Waals surface area contributed by atoms with Crippen LogP contribution >= 0.6 is 0 Å². The van der Waals surface area contributed by atoms with Crippen LogP contribution in [0.3, 0.4) is 0 Å². The van der Waals surface area contributed by atoms with Crippen LogP contribution in [0.5, 0.6) is 5.75 Å². The molecule has 0 spiro atoms. The molecular formula is C14H20FNO3. The molecule has 0 aromatic heterocycles. The normalized spacial score (nSPS) is 12.1. The van der Waals surface area contributed by atoms with Crippen LogP contribution in [0.15, 0.2) is 18.2 Å². The predicted octanol–water partition coefficient (Wildman–Crippen LogP) is 2.13. The maximum atomic E-state index is 13.6. The molecule has 0 fully saturated rings. The van der Waals surface area contributed by atoms with E-state index in [-0.39, 0.29) is 18.3 Å². The summed E-state index contributed by atoms with van der Waals surface area (Å²) in [5, 5.41) is 9.32. The van der Waals surface area contributed by atoms with Crippen molar-refractivity contribution in [1.82, 2.24) is 4.90 Å². The van der Waals surface area contributed by atoms with Crippen molar-refractivity contribution in [1.29, 1.82) is 0 Å². The summed E-state index contributed by atoms with van der Waals surface area (Å²) in [4.78, 5) is 12.8. The molecule has 0 bridgehead atoms. The Morgan fingerprint density at radius 2 is 2.16 bits per heavy atom. The Kier molecular flexibility index (Phi) is 5.76. The highest BCUT2D eigenvalue weighted by atomic mass is 19.1. The molecule has 5 heteroatoms. The molecule has 0 saturated carbocycles. The van der Waals surface area contributed by atoms with Gasteiger partial charge in [0.05, 0.1) is 12.7 Å². The van der Waals surface area contributed by atoms with Crippen LogP contribution in [-0.2, 0) is 4.79 Å². The number of benzene rings is 1. The zero-order valence-electron chi connectivity index (χ0n) is 11.5. The van der Waals surface area contributed by atoms with Gasteiger partial charge in [-0.05, 0) is 31.0 Å². The van der Waals surface area contributed by atoms with Gasteiger partial charge in [0.1, 0.15) is 0 Å². The Bertz CT molecular complexity index is 433. The van der Waals surface area contributed by atoms with E-state index in [0.29, 0.717) is 18.4 Å². The summed E-state index contributed by atoms with van der Waals surface area (Å²) in [6.07, 6.45) is 0.205. The average molecular weight is 269 g/mol. The van der Waals surface area contributed by atoms with Gasteiger partial charge in [-0.1, -0.05) is 6.07 Å². The summed E-state index contributed by atoms with van der Waals surface area (Å²) in [6.45, 7) is 1.85. The number of aliphatic hydroxyl groups is 1. The lowest BCUT2D eigenvalue weighted by Crippen LogP contribution is -2.21. The van der Waals surface area contributed by atoms with Crippen LogP contribution in [0.1, 0.15) is 31.4 Å². The first-order valence-electron chi connectivity index (χ1n) is 6.22. The lowest BCUT2D eigenvalue weighted by Gasteiger charge is -2.11. The van der Waals surface area contributed by atoms with Crippen molar-refractivity contribution in [2.24, 2.45) is 0 Å². The number of halogens is 1. The van der Waals surface area contributed by atoms with Crippen LogP contribution < -0.4 is 4.74 Å². The molecule has 19 heavy (non-hydrogen) atoms. The summed E-state index contributed by atoms with van der Waals surface area (Å²) >= 11 is 0. The third-order valence-electron chi connectivity index (χ3n) is 2.73. The maximum absolute atomic E-state index is 13.6. The third kappa shape index (κ3) is 4.87. The van der Waals surface area contributed by atoms with Gasteiger partial charge in [0, 0.05) is 20.5 Å². The number of carbonyl (C=O) groups is 1.